The van der Waals surface area contributed by atoms with E-state index in [2.05, 4.69) is 9.97 Å². The number of aromatic nitrogens is 3. The van der Waals surface area contributed by atoms with Crippen LogP contribution in [0.15, 0.2) is 34.0 Å². The second-order valence-corrected chi connectivity index (χ2v) is 7.83. The van der Waals surface area contributed by atoms with Gasteiger partial charge in [0.15, 0.2) is 0 Å². The predicted octanol–water partition coefficient (Wildman–Crippen LogP) is 2.78. The number of pyridine rings is 1. The van der Waals surface area contributed by atoms with Crippen LogP contribution in [0.4, 0.5) is 24.8 Å². The summed E-state index contributed by atoms with van der Waals surface area (Å²) in [6, 6.07) is 3.40. The quantitative estimate of drug-likeness (QED) is 0.822. The van der Waals surface area contributed by atoms with Gasteiger partial charge in [-0.05, 0) is 25.0 Å². The van der Waals surface area contributed by atoms with Crippen molar-refractivity contribution in [3.8, 4) is 0 Å². The minimum Gasteiger partial charge on any atom is -0.354 e. The van der Waals surface area contributed by atoms with E-state index in [1.165, 1.54) is 10.6 Å². The van der Waals surface area contributed by atoms with Crippen LogP contribution in [0.1, 0.15) is 43.7 Å². The maximum Gasteiger partial charge on any atom is 0.416 e. The largest absolute Gasteiger partial charge is 0.416 e. The summed E-state index contributed by atoms with van der Waals surface area (Å²) in [5.41, 5.74) is -1.43. The molecular formula is C20H24F3N5O2. The van der Waals surface area contributed by atoms with E-state index >= 15 is 0 Å². The Balaban J connectivity index is 1.47. The third-order valence-corrected chi connectivity index (χ3v) is 5.91. The molecule has 162 valence electrons. The molecule has 2 fully saturated rings. The SMILES string of the molecule is O=c1cc(N2CCN(c3cc(C(F)(F)F)ccn3)CC2)[nH]c(=O)n1C1CCCCC1. The minimum atomic E-state index is -4.42. The van der Waals surface area contributed by atoms with E-state index < -0.39 is 17.4 Å². The second kappa shape index (κ2) is 8.16. The Morgan fingerprint density at radius 3 is 2.27 bits per heavy atom. The first-order chi connectivity index (χ1) is 14.3. The highest BCUT2D eigenvalue weighted by Crippen LogP contribution is 2.31. The molecule has 4 rings (SSSR count). The number of piperazine rings is 1. The first-order valence-electron chi connectivity index (χ1n) is 10.2. The topological polar surface area (TPSA) is 74.2 Å². The van der Waals surface area contributed by atoms with Gasteiger partial charge < -0.3 is 9.80 Å². The van der Waals surface area contributed by atoms with Crippen molar-refractivity contribution < 1.29 is 13.2 Å². The molecule has 2 aromatic rings. The van der Waals surface area contributed by atoms with Gasteiger partial charge in [0.2, 0.25) is 0 Å². The lowest BCUT2D eigenvalue weighted by Crippen LogP contribution is -2.48. The molecule has 0 radical (unpaired) electrons. The van der Waals surface area contributed by atoms with Crippen LogP contribution < -0.4 is 21.0 Å². The summed E-state index contributed by atoms with van der Waals surface area (Å²) < 4.78 is 40.1. The number of halogens is 3. The summed E-state index contributed by atoms with van der Waals surface area (Å²) in [6.45, 7) is 1.78. The van der Waals surface area contributed by atoms with Crippen LogP contribution in [0.5, 0.6) is 0 Å². The summed E-state index contributed by atoms with van der Waals surface area (Å²) >= 11 is 0. The smallest absolute Gasteiger partial charge is 0.354 e. The van der Waals surface area contributed by atoms with Gasteiger partial charge in [-0.15, -0.1) is 0 Å². The van der Waals surface area contributed by atoms with Gasteiger partial charge in [0.05, 0.1) is 5.56 Å². The van der Waals surface area contributed by atoms with Gasteiger partial charge in [0.25, 0.3) is 5.56 Å². The average molecular weight is 423 g/mol. The fraction of sp³-hybridized carbons (Fsp3) is 0.550. The van der Waals surface area contributed by atoms with Crippen molar-refractivity contribution in [3.05, 3.63) is 50.8 Å². The van der Waals surface area contributed by atoms with Gasteiger partial charge in [-0.25, -0.2) is 9.78 Å². The Bertz CT molecular complexity index is 971. The number of H-pyrrole nitrogens is 1. The van der Waals surface area contributed by atoms with Crippen molar-refractivity contribution in [2.45, 2.75) is 44.3 Å². The molecular weight excluding hydrogens is 399 g/mol. The average Bonchev–Trinajstić information content (AvgIpc) is 2.74. The summed E-state index contributed by atoms with van der Waals surface area (Å²) in [6.07, 6.45) is 1.59. The van der Waals surface area contributed by atoms with E-state index in [9.17, 15) is 22.8 Å². The van der Waals surface area contributed by atoms with Crippen LogP contribution in [0, 0.1) is 0 Å². The molecule has 30 heavy (non-hydrogen) atoms. The summed E-state index contributed by atoms with van der Waals surface area (Å²) in [7, 11) is 0. The Morgan fingerprint density at radius 2 is 1.63 bits per heavy atom. The fourth-order valence-electron chi connectivity index (χ4n) is 4.29. The highest BCUT2D eigenvalue weighted by atomic mass is 19.4. The van der Waals surface area contributed by atoms with Crippen molar-refractivity contribution in [3.63, 3.8) is 0 Å². The zero-order chi connectivity index (χ0) is 21.3. The molecule has 0 aromatic carbocycles. The van der Waals surface area contributed by atoms with Crippen LogP contribution in [0.25, 0.3) is 0 Å². The number of hydrogen-bond donors (Lipinski definition) is 1. The molecule has 3 heterocycles. The van der Waals surface area contributed by atoms with Gasteiger partial charge in [0, 0.05) is 44.5 Å². The molecule has 0 spiro atoms. The van der Waals surface area contributed by atoms with Crippen LogP contribution in [0.2, 0.25) is 0 Å². The third kappa shape index (κ3) is 4.22. The molecule has 2 aliphatic rings. The van der Waals surface area contributed by atoms with E-state index in [4.69, 9.17) is 0 Å². The van der Waals surface area contributed by atoms with Gasteiger partial charge in [0.1, 0.15) is 11.6 Å². The van der Waals surface area contributed by atoms with Gasteiger partial charge >= 0.3 is 11.9 Å². The molecule has 10 heteroatoms. The molecule has 0 unspecified atom stereocenters. The Morgan fingerprint density at radius 1 is 0.967 bits per heavy atom. The lowest BCUT2D eigenvalue weighted by Gasteiger charge is -2.36. The first-order valence-corrected chi connectivity index (χ1v) is 10.2. The van der Waals surface area contributed by atoms with Crippen molar-refractivity contribution >= 4 is 11.6 Å². The molecule has 0 amide bonds. The highest BCUT2D eigenvalue weighted by Gasteiger charge is 2.31. The van der Waals surface area contributed by atoms with Crippen molar-refractivity contribution in [2.24, 2.45) is 0 Å². The number of nitrogens with one attached hydrogen (secondary N) is 1. The van der Waals surface area contributed by atoms with Crippen molar-refractivity contribution in [2.75, 3.05) is 36.0 Å². The van der Waals surface area contributed by atoms with Gasteiger partial charge in [-0.2, -0.15) is 13.2 Å². The number of rotatable bonds is 3. The normalized spacial score (nSPS) is 18.6. The van der Waals surface area contributed by atoms with Crippen LogP contribution in [-0.2, 0) is 6.18 Å². The van der Waals surface area contributed by atoms with E-state index in [1.54, 1.807) is 4.90 Å². The molecule has 2 aromatic heterocycles. The Kier molecular flexibility index (Phi) is 5.57. The van der Waals surface area contributed by atoms with Crippen LogP contribution in [0.3, 0.4) is 0 Å². The van der Waals surface area contributed by atoms with Gasteiger partial charge in [-0.1, -0.05) is 19.3 Å². The first kappa shape index (κ1) is 20.5. The number of aromatic amines is 1. The third-order valence-electron chi connectivity index (χ3n) is 5.91. The van der Waals surface area contributed by atoms with E-state index in [1.807, 2.05) is 4.90 Å². The number of hydrogen-bond acceptors (Lipinski definition) is 5. The van der Waals surface area contributed by atoms with Crippen molar-refractivity contribution in [1.29, 1.82) is 0 Å². The monoisotopic (exact) mass is 423 g/mol. The Hall–Kier alpha value is -2.78. The van der Waals surface area contributed by atoms with Gasteiger partial charge in [-0.3, -0.25) is 14.3 Å². The standard InChI is InChI=1S/C20H24F3N5O2/c21-20(22,23)14-6-7-24-16(12-14)26-8-10-27(11-9-26)17-13-18(29)28(19(30)25-17)15-4-2-1-3-5-15/h6-7,12-13,15H,1-5,8-11H2,(H,25,30). The fourth-order valence-corrected chi connectivity index (χ4v) is 4.29. The molecule has 1 saturated heterocycles. The lowest BCUT2D eigenvalue weighted by molar-refractivity contribution is -0.137. The molecule has 0 bridgehead atoms. The molecule has 1 saturated carbocycles. The summed E-state index contributed by atoms with van der Waals surface area (Å²) in [5.74, 6) is 0.722. The van der Waals surface area contributed by atoms with Crippen LogP contribution in [-0.4, -0.2) is 40.7 Å². The maximum absolute atomic E-state index is 12.9. The maximum atomic E-state index is 12.9. The van der Waals surface area contributed by atoms with E-state index in [0.717, 1.165) is 50.4 Å². The number of alkyl halides is 3. The number of nitrogens with zero attached hydrogens (tertiary/aromatic N) is 4. The second-order valence-electron chi connectivity index (χ2n) is 7.83. The molecule has 1 aliphatic carbocycles. The predicted molar refractivity (Wildman–Crippen MR) is 107 cm³/mol. The van der Waals surface area contributed by atoms with E-state index in [-0.39, 0.29) is 17.4 Å². The molecule has 7 nitrogen and oxygen atoms in total. The molecule has 1 N–H and O–H groups in total. The van der Waals surface area contributed by atoms with Crippen molar-refractivity contribution in [1.82, 2.24) is 14.5 Å². The van der Waals surface area contributed by atoms with E-state index in [0.29, 0.717) is 32.0 Å². The Labute approximate surface area is 171 Å². The zero-order valence-electron chi connectivity index (χ0n) is 16.5. The molecule has 1 aliphatic heterocycles. The number of anilines is 2. The lowest BCUT2D eigenvalue weighted by atomic mass is 9.95. The highest BCUT2D eigenvalue weighted by molar-refractivity contribution is 5.46. The summed E-state index contributed by atoms with van der Waals surface area (Å²) in [4.78, 5) is 35.7. The molecule has 0 atom stereocenters. The minimum absolute atomic E-state index is 0.0483. The zero-order valence-corrected chi connectivity index (χ0v) is 16.5. The summed E-state index contributed by atoms with van der Waals surface area (Å²) in [5, 5.41) is 0. The van der Waals surface area contributed by atoms with Crippen LogP contribution >= 0.6 is 0 Å².